The van der Waals surface area contributed by atoms with Crippen LogP contribution in [0, 0.1) is 0 Å². The zero-order chi connectivity index (χ0) is 18.7. The van der Waals surface area contributed by atoms with Crippen LogP contribution in [-0.4, -0.2) is 28.5 Å². The Kier molecular flexibility index (Phi) is 5.80. The molecule has 0 atom stereocenters. The second-order valence-corrected chi connectivity index (χ2v) is 7.72. The van der Waals surface area contributed by atoms with Crippen molar-refractivity contribution in [2.45, 2.75) is 0 Å². The molecule has 1 heterocycles. The first-order chi connectivity index (χ1) is 12.4. The SMILES string of the molecule is O=C(CN1C(=O)S/C(=C\c2cccc(Br)c2)C1=O)Nc1ccc(Cl)cc1. The summed E-state index contributed by atoms with van der Waals surface area (Å²) in [4.78, 5) is 37.9. The van der Waals surface area contributed by atoms with Crippen molar-refractivity contribution in [1.82, 2.24) is 4.90 Å². The first-order valence-electron chi connectivity index (χ1n) is 7.49. The van der Waals surface area contributed by atoms with Crippen molar-refractivity contribution in [1.29, 1.82) is 0 Å². The largest absolute Gasteiger partial charge is 0.325 e. The quantitative estimate of drug-likeness (QED) is 0.680. The molecular formula is C18H12BrClN2O3S. The third kappa shape index (κ3) is 4.55. The number of halogens is 2. The first kappa shape index (κ1) is 18.7. The van der Waals surface area contributed by atoms with Crippen LogP contribution in [0.3, 0.4) is 0 Å². The van der Waals surface area contributed by atoms with Gasteiger partial charge in [0.15, 0.2) is 0 Å². The van der Waals surface area contributed by atoms with E-state index in [1.54, 1.807) is 30.3 Å². The number of amides is 3. The molecule has 0 bridgehead atoms. The van der Waals surface area contributed by atoms with Crippen molar-refractivity contribution < 1.29 is 14.4 Å². The molecule has 8 heteroatoms. The van der Waals surface area contributed by atoms with Crippen LogP contribution in [0.15, 0.2) is 57.9 Å². The minimum atomic E-state index is -0.480. The molecule has 0 aromatic heterocycles. The fourth-order valence-corrected chi connectivity index (χ4v) is 3.64. The van der Waals surface area contributed by atoms with Gasteiger partial charge in [0, 0.05) is 15.2 Å². The summed E-state index contributed by atoms with van der Waals surface area (Å²) in [5.41, 5.74) is 1.33. The lowest BCUT2D eigenvalue weighted by Crippen LogP contribution is -2.36. The van der Waals surface area contributed by atoms with Crippen LogP contribution >= 0.6 is 39.3 Å². The zero-order valence-electron chi connectivity index (χ0n) is 13.2. The van der Waals surface area contributed by atoms with Gasteiger partial charge in [0.05, 0.1) is 4.91 Å². The summed E-state index contributed by atoms with van der Waals surface area (Å²) in [7, 11) is 0. The number of imide groups is 1. The molecule has 1 fully saturated rings. The average Bonchev–Trinajstić information content (AvgIpc) is 2.84. The number of nitrogens with one attached hydrogen (secondary N) is 1. The van der Waals surface area contributed by atoms with E-state index in [0.717, 1.165) is 26.7 Å². The normalized spacial score (nSPS) is 15.6. The van der Waals surface area contributed by atoms with E-state index >= 15 is 0 Å². The lowest BCUT2D eigenvalue weighted by Gasteiger charge is -2.12. The fourth-order valence-electron chi connectivity index (χ4n) is 2.26. The van der Waals surface area contributed by atoms with Crippen LogP contribution < -0.4 is 5.32 Å². The van der Waals surface area contributed by atoms with E-state index in [9.17, 15) is 14.4 Å². The molecule has 0 aliphatic carbocycles. The van der Waals surface area contributed by atoms with E-state index in [1.165, 1.54) is 0 Å². The number of hydrogen-bond donors (Lipinski definition) is 1. The minimum absolute atomic E-state index is 0.285. The second-order valence-electron chi connectivity index (χ2n) is 5.38. The van der Waals surface area contributed by atoms with E-state index in [1.807, 2.05) is 24.3 Å². The Hall–Kier alpha value is -2.09. The number of carbonyl (C=O) groups excluding carboxylic acids is 3. The Morgan fingerprint density at radius 3 is 2.62 bits per heavy atom. The highest BCUT2D eigenvalue weighted by atomic mass is 79.9. The maximum absolute atomic E-state index is 12.4. The number of nitrogens with zero attached hydrogens (tertiary/aromatic N) is 1. The van der Waals surface area contributed by atoms with Crippen LogP contribution in [0.4, 0.5) is 10.5 Å². The minimum Gasteiger partial charge on any atom is -0.325 e. The summed E-state index contributed by atoms with van der Waals surface area (Å²) in [6, 6.07) is 13.9. The topological polar surface area (TPSA) is 66.5 Å². The highest BCUT2D eigenvalue weighted by Gasteiger charge is 2.36. The number of thioether (sulfide) groups is 1. The van der Waals surface area contributed by atoms with E-state index in [-0.39, 0.29) is 11.4 Å². The van der Waals surface area contributed by atoms with Crippen molar-refractivity contribution in [3.63, 3.8) is 0 Å². The fraction of sp³-hybridized carbons (Fsp3) is 0.0556. The van der Waals surface area contributed by atoms with Gasteiger partial charge in [-0.1, -0.05) is 39.7 Å². The van der Waals surface area contributed by atoms with Gasteiger partial charge in [-0.3, -0.25) is 19.3 Å². The summed E-state index contributed by atoms with van der Waals surface area (Å²) in [6.07, 6.45) is 1.63. The van der Waals surface area contributed by atoms with Crippen LogP contribution in [0.5, 0.6) is 0 Å². The van der Waals surface area contributed by atoms with Crippen molar-refractivity contribution in [2.75, 3.05) is 11.9 Å². The van der Waals surface area contributed by atoms with Gasteiger partial charge in [-0.05, 0) is 59.8 Å². The molecule has 1 aliphatic heterocycles. The molecule has 5 nitrogen and oxygen atoms in total. The van der Waals surface area contributed by atoms with Gasteiger partial charge in [-0.25, -0.2) is 0 Å². The maximum atomic E-state index is 12.4. The average molecular weight is 452 g/mol. The summed E-state index contributed by atoms with van der Waals surface area (Å²) < 4.78 is 0.868. The van der Waals surface area contributed by atoms with Crippen molar-refractivity contribution in [3.8, 4) is 0 Å². The van der Waals surface area contributed by atoms with Crippen molar-refractivity contribution >= 4 is 68.1 Å². The zero-order valence-corrected chi connectivity index (χ0v) is 16.4. The molecule has 0 radical (unpaired) electrons. The van der Waals surface area contributed by atoms with Gasteiger partial charge < -0.3 is 5.32 Å². The van der Waals surface area contributed by atoms with E-state index < -0.39 is 17.1 Å². The van der Waals surface area contributed by atoms with Crippen LogP contribution in [-0.2, 0) is 9.59 Å². The maximum Gasteiger partial charge on any atom is 0.294 e. The molecule has 2 aromatic rings. The molecule has 3 rings (SSSR count). The number of anilines is 1. The monoisotopic (exact) mass is 450 g/mol. The molecule has 0 unspecified atom stereocenters. The number of rotatable bonds is 4. The number of hydrogen-bond acceptors (Lipinski definition) is 4. The summed E-state index contributed by atoms with van der Waals surface area (Å²) in [5.74, 6) is -0.940. The molecule has 1 N–H and O–H groups in total. The molecule has 0 saturated carbocycles. The standard InChI is InChI=1S/C18H12BrClN2O3S/c19-12-3-1-2-11(8-12)9-15-17(24)22(18(25)26-15)10-16(23)21-14-6-4-13(20)5-7-14/h1-9H,10H2,(H,21,23)/b15-9-. The van der Waals surface area contributed by atoms with Crippen molar-refractivity contribution in [2.24, 2.45) is 0 Å². The molecular weight excluding hydrogens is 440 g/mol. The van der Waals surface area contributed by atoms with E-state index in [4.69, 9.17) is 11.6 Å². The Morgan fingerprint density at radius 2 is 1.92 bits per heavy atom. The highest BCUT2D eigenvalue weighted by molar-refractivity contribution is 9.10. The second kappa shape index (κ2) is 8.07. The summed E-state index contributed by atoms with van der Waals surface area (Å²) in [6.45, 7) is -0.344. The summed E-state index contributed by atoms with van der Waals surface area (Å²) in [5, 5.41) is 2.71. The van der Waals surface area contributed by atoms with Crippen LogP contribution in [0.2, 0.25) is 5.02 Å². The Morgan fingerprint density at radius 1 is 1.19 bits per heavy atom. The van der Waals surface area contributed by atoms with Gasteiger partial charge in [0.2, 0.25) is 5.91 Å². The van der Waals surface area contributed by atoms with E-state index in [2.05, 4.69) is 21.2 Å². The van der Waals surface area contributed by atoms with Crippen LogP contribution in [0.1, 0.15) is 5.56 Å². The van der Waals surface area contributed by atoms with Gasteiger partial charge in [0.25, 0.3) is 11.1 Å². The smallest absolute Gasteiger partial charge is 0.294 e. The van der Waals surface area contributed by atoms with Gasteiger partial charge >= 0.3 is 0 Å². The molecule has 1 saturated heterocycles. The Balaban J connectivity index is 1.69. The molecule has 2 aromatic carbocycles. The van der Waals surface area contributed by atoms with Gasteiger partial charge in [-0.2, -0.15) is 0 Å². The van der Waals surface area contributed by atoms with Crippen LogP contribution in [0.25, 0.3) is 6.08 Å². The lowest BCUT2D eigenvalue weighted by atomic mass is 10.2. The first-order valence-corrected chi connectivity index (χ1v) is 9.47. The highest BCUT2D eigenvalue weighted by Crippen LogP contribution is 2.32. The molecule has 3 amide bonds. The molecule has 0 spiro atoms. The van der Waals surface area contributed by atoms with E-state index in [0.29, 0.717) is 10.7 Å². The third-order valence-electron chi connectivity index (χ3n) is 3.45. The number of carbonyl (C=O) groups is 3. The Bertz CT molecular complexity index is 915. The van der Waals surface area contributed by atoms with Gasteiger partial charge in [0.1, 0.15) is 6.54 Å². The Labute approximate surface area is 167 Å². The molecule has 1 aliphatic rings. The van der Waals surface area contributed by atoms with Gasteiger partial charge in [-0.15, -0.1) is 0 Å². The number of benzene rings is 2. The molecule has 132 valence electrons. The third-order valence-corrected chi connectivity index (χ3v) is 5.10. The molecule has 26 heavy (non-hydrogen) atoms. The predicted octanol–water partition coefficient (Wildman–Crippen LogP) is 4.78. The lowest BCUT2D eigenvalue weighted by molar-refractivity contribution is -0.127. The summed E-state index contributed by atoms with van der Waals surface area (Å²) >= 11 is 9.97. The van der Waals surface area contributed by atoms with Crippen molar-refractivity contribution in [3.05, 3.63) is 68.5 Å². The predicted molar refractivity (Wildman–Crippen MR) is 107 cm³/mol.